The summed E-state index contributed by atoms with van der Waals surface area (Å²) in [6.45, 7) is 5.64. The van der Waals surface area contributed by atoms with Gasteiger partial charge in [0.25, 0.3) is 5.91 Å². The lowest BCUT2D eigenvalue weighted by Crippen LogP contribution is -2.45. The Hall–Kier alpha value is -2.40. The van der Waals surface area contributed by atoms with Crippen LogP contribution >= 0.6 is 11.6 Å². The maximum atomic E-state index is 12.5. The molecule has 1 amide bonds. The molecule has 2 rings (SSSR count). The number of benzene rings is 1. The van der Waals surface area contributed by atoms with E-state index in [-0.39, 0.29) is 18.4 Å². The summed E-state index contributed by atoms with van der Waals surface area (Å²) in [5.74, 6) is -0.877. The molecule has 0 bridgehead atoms. The van der Waals surface area contributed by atoms with Gasteiger partial charge in [0, 0.05) is 17.3 Å². The second-order valence-corrected chi connectivity index (χ2v) is 6.49. The molecule has 0 aliphatic carbocycles. The summed E-state index contributed by atoms with van der Waals surface area (Å²) in [7, 11) is 0. The molecule has 0 spiro atoms. The average Bonchev–Trinajstić information content (AvgIpc) is 2.58. The van der Waals surface area contributed by atoms with Crippen molar-refractivity contribution in [3.8, 4) is 0 Å². The van der Waals surface area contributed by atoms with Crippen LogP contribution in [0.25, 0.3) is 0 Å². The maximum absolute atomic E-state index is 12.5. The molecule has 132 valence electrons. The van der Waals surface area contributed by atoms with Crippen molar-refractivity contribution in [1.82, 2.24) is 10.3 Å². The number of carbonyl (C=O) groups is 2. The van der Waals surface area contributed by atoms with Crippen LogP contribution in [0.2, 0.25) is 5.15 Å². The molecule has 5 nitrogen and oxygen atoms in total. The molecule has 0 aliphatic rings. The number of carbonyl (C=O) groups excluding carboxylic acids is 2. The number of halogens is 1. The molecule has 6 heteroatoms. The average molecular weight is 361 g/mol. The normalized spacial score (nSPS) is 11.9. The van der Waals surface area contributed by atoms with Crippen molar-refractivity contribution in [3.63, 3.8) is 0 Å². The van der Waals surface area contributed by atoms with E-state index >= 15 is 0 Å². The van der Waals surface area contributed by atoms with E-state index in [1.807, 2.05) is 32.9 Å². The van der Waals surface area contributed by atoms with Crippen molar-refractivity contribution in [2.75, 3.05) is 0 Å². The van der Waals surface area contributed by atoms with E-state index in [1.165, 1.54) is 0 Å². The predicted octanol–water partition coefficient (Wildman–Crippen LogP) is 3.54. The standard InChI is InChI=1S/C19H21ClN2O3/c1-12(2)17(22-18(23)15-7-5-4-6-13(15)3)19(24)25-11-14-8-9-16(20)21-10-14/h4-10,12,17H,11H2,1-3H3,(H,22,23)/t17-/m0/s1. The van der Waals surface area contributed by atoms with Crippen molar-refractivity contribution in [2.24, 2.45) is 5.92 Å². The highest BCUT2D eigenvalue weighted by Crippen LogP contribution is 2.12. The first-order valence-corrected chi connectivity index (χ1v) is 8.40. The number of nitrogens with one attached hydrogen (secondary N) is 1. The van der Waals surface area contributed by atoms with Crippen molar-refractivity contribution in [1.29, 1.82) is 0 Å². The Labute approximate surface area is 152 Å². The first-order chi connectivity index (χ1) is 11.9. The molecule has 0 fully saturated rings. The van der Waals surface area contributed by atoms with Gasteiger partial charge in [0.15, 0.2) is 0 Å². The molecular formula is C19H21ClN2O3. The monoisotopic (exact) mass is 360 g/mol. The molecule has 1 heterocycles. The Morgan fingerprint density at radius 2 is 1.92 bits per heavy atom. The summed E-state index contributed by atoms with van der Waals surface area (Å²) in [6, 6.07) is 9.87. The third kappa shape index (κ3) is 5.29. The molecule has 1 aromatic heterocycles. The summed E-state index contributed by atoms with van der Waals surface area (Å²) in [4.78, 5) is 28.8. The van der Waals surface area contributed by atoms with Crippen molar-refractivity contribution >= 4 is 23.5 Å². The molecule has 0 radical (unpaired) electrons. The van der Waals surface area contributed by atoms with Crippen LogP contribution < -0.4 is 5.32 Å². The fraction of sp³-hybridized carbons (Fsp3) is 0.316. The van der Waals surface area contributed by atoms with E-state index in [9.17, 15) is 9.59 Å². The number of aromatic nitrogens is 1. The van der Waals surface area contributed by atoms with Crippen molar-refractivity contribution in [2.45, 2.75) is 33.4 Å². The van der Waals surface area contributed by atoms with Gasteiger partial charge in [-0.05, 0) is 30.5 Å². The summed E-state index contributed by atoms with van der Waals surface area (Å²) in [5, 5.41) is 3.14. The van der Waals surface area contributed by atoms with Crippen LogP contribution in [0.5, 0.6) is 0 Å². The highest BCUT2D eigenvalue weighted by Gasteiger charge is 2.26. The summed E-state index contributed by atoms with van der Waals surface area (Å²) < 4.78 is 5.32. The van der Waals surface area contributed by atoms with E-state index in [4.69, 9.17) is 16.3 Å². The van der Waals surface area contributed by atoms with Gasteiger partial charge in [-0.25, -0.2) is 9.78 Å². The van der Waals surface area contributed by atoms with Crippen LogP contribution in [0.1, 0.15) is 35.3 Å². The number of nitrogens with zero attached hydrogens (tertiary/aromatic N) is 1. The van der Waals surface area contributed by atoms with Crippen LogP contribution in [0.15, 0.2) is 42.6 Å². The van der Waals surface area contributed by atoms with Crippen LogP contribution in [0.3, 0.4) is 0 Å². The van der Waals surface area contributed by atoms with E-state index in [2.05, 4.69) is 10.3 Å². The van der Waals surface area contributed by atoms with Crippen LogP contribution in [0.4, 0.5) is 0 Å². The number of hydrogen-bond acceptors (Lipinski definition) is 4. The van der Waals surface area contributed by atoms with E-state index in [1.54, 1.807) is 30.5 Å². The van der Waals surface area contributed by atoms with E-state index in [0.29, 0.717) is 10.7 Å². The Kier molecular flexibility index (Phi) is 6.53. The van der Waals surface area contributed by atoms with Gasteiger partial charge in [0.1, 0.15) is 17.8 Å². The zero-order valence-electron chi connectivity index (χ0n) is 14.5. The van der Waals surface area contributed by atoms with E-state index < -0.39 is 12.0 Å². The Balaban J connectivity index is 2.01. The zero-order chi connectivity index (χ0) is 18.4. The van der Waals surface area contributed by atoms with Crippen molar-refractivity contribution < 1.29 is 14.3 Å². The lowest BCUT2D eigenvalue weighted by Gasteiger charge is -2.21. The molecule has 0 aliphatic heterocycles. The highest BCUT2D eigenvalue weighted by molar-refractivity contribution is 6.29. The first-order valence-electron chi connectivity index (χ1n) is 8.02. The number of esters is 1. The fourth-order valence-electron chi connectivity index (χ4n) is 2.28. The summed E-state index contributed by atoms with van der Waals surface area (Å²) in [6.07, 6.45) is 1.55. The molecule has 1 atom stereocenters. The number of pyridine rings is 1. The van der Waals surface area contributed by atoms with Gasteiger partial charge < -0.3 is 10.1 Å². The molecule has 0 unspecified atom stereocenters. The van der Waals surface area contributed by atoms with Gasteiger partial charge in [0.2, 0.25) is 0 Å². The topological polar surface area (TPSA) is 68.3 Å². The van der Waals surface area contributed by atoms with Gasteiger partial charge >= 0.3 is 5.97 Å². The second-order valence-electron chi connectivity index (χ2n) is 6.11. The van der Waals surface area contributed by atoms with Crippen LogP contribution in [-0.4, -0.2) is 22.9 Å². The van der Waals surface area contributed by atoms with Crippen LogP contribution in [-0.2, 0) is 16.1 Å². The largest absolute Gasteiger partial charge is 0.459 e. The quantitative estimate of drug-likeness (QED) is 0.632. The minimum Gasteiger partial charge on any atom is -0.459 e. The second kappa shape index (κ2) is 8.62. The molecule has 2 aromatic rings. The van der Waals surface area contributed by atoms with Crippen molar-refractivity contribution in [3.05, 3.63) is 64.4 Å². The molecular weight excluding hydrogens is 340 g/mol. The molecule has 1 aromatic carbocycles. The van der Waals surface area contributed by atoms with Gasteiger partial charge in [-0.15, -0.1) is 0 Å². The number of aryl methyl sites for hydroxylation is 1. The fourth-order valence-corrected chi connectivity index (χ4v) is 2.39. The third-order valence-electron chi connectivity index (χ3n) is 3.77. The Morgan fingerprint density at radius 1 is 1.20 bits per heavy atom. The minimum atomic E-state index is -0.729. The number of ether oxygens (including phenoxy) is 1. The zero-order valence-corrected chi connectivity index (χ0v) is 15.2. The van der Waals surface area contributed by atoms with Gasteiger partial charge in [-0.1, -0.05) is 49.7 Å². The van der Waals surface area contributed by atoms with Gasteiger partial charge in [-0.2, -0.15) is 0 Å². The Bertz CT molecular complexity index is 745. The molecule has 0 saturated carbocycles. The summed E-state index contributed by atoms with van der Waals surface area (Å²) >= 11 is 5.73. The number of rotatable bonds is 6. The minimum absolute atomic E-state index is 0.0759. The number of amides is 1. The maximum Gasteiger partial charge on any atom is 0.329 e. The first kappa shape index (κ1) is 18.9. The molecule has 25 heavy (non-hydrogen) atoms. The molecule has 1 N–H and O–H groups in total. The predicted molar refractivity (Wildman–Crippen MR) is 96.3 cm³/mol. The lowest BCUT2D eigenvalue weighted by molar-refractivity contribution is -0.148. The lowest BCUT2D eigenvalue weighted by atomic mass is 10.0. The third-order valence-corrected chi connectivity index (χ3v) is 3.99. The smallest absolute Gasteiger partial charge is 0.329 e. The SMILES string of the molecule is Cc1ccccc1C(=O)N[C@H](C(=O)OCc1ccc(Cl)nc1)C(C)C. The molecule has 0 saturated heterocycles. The van der Waals surface area contributed by atoms with Gasteiger partial charge in [-0.3, -0.25) is 4.79 Å². The number of hydrogen-bond donors (Lipinski definition) is 1. The Morgan fingerprint density at radius 3 is 2.52 bits per heavy atom. The van der Waals surface area contributed by atoms with E-state index in [0.717, 1.165) is 11.1 Å². The van der Waals surface area contributed by atoms with Crippen LogP contribution in [0, 0.1) is 12.8 Å². The summed E-state index contributed by atoms with van der Waals surface area (Å²) in [5.41, 5.74) is 2.12. The van der Waals surface area contributed by atoms with Gasteiger partial charge in [0.05, 0.1) is 0 Å². The highest BCUT2D eigenvalue weighted by atomic mass is 35.5.